The van der Waals surface area contributed by atoms with Gasteiger partial charge in [0, 0.05) is 23.7 Å². The van der Waals surface area contributed by atoms with E-state index in [1.165, 1.54) is 0 Å². The first-order chi connectivity index (χ1) is 17.4. The summed E-state index contributed by atoms with van der Waals surface area (Å²) >= 11 is 6.03. The number of nitrogens with one attached hydrogen (secondary N) is 1. The van der Waals surface area contributed by atoms with Crippen molar-refractivity contribution < 1.29 is 23.8 Å². The van der Waals surface area contributed by atoms with E-state index in [1.807, 2.05) is 42.5 Å². The standard InChI is InChI=1S/C28H31ClN2O5/c1-19(28(33)30-17-22-7-5-6-8-24(22)34-2)31(18-20-9-12-23(29)13-10-20)27(32)16-21-11-14-25(35-3)26(15-21)36-4/h5-15,19H,16-18H2,1-4H3,(H,30,33)/t19-/m1/s1. The van der Waals surface area contributed by atoms with Crippen molar-refractivity contribution in [2.45, 2.75) is 32.5 Å². The minimum Gasteiger partial charge on any atom is -0.496 e. The maximum absolute atomic E-state index is 13.5. The van der Waals surface area contributed by atoms with Gasteiger partial charge in [-0.2, -0.15) is 0 Å². The maximum atomic E-state index is 13.5. The fraction of sp³-hybridized carbons (Fsp3) is 0.286. The van der Waals surface area contributed by atoms with E-state index in [0.29, 0.717) is 22.3 Å². The molecule has 0 aliphatic carbocycles. The van der Waals surface area contributed by atoms with Crippen LogP contribution in [0.1, 0.15) is 23.6 Å². The van der Waals surface area contributed by atoms with Gasteiger partial charge in [0.1, 0.15) is 11.8 Å². The number of hydrogen-bond acceptors (Lipinski definition) is 5. The van der Waals surface area contributed by atoms with Gasteiger partial charge in [-0.15, -0.1) is 0 Å². The molecule has 36 heavy (non-hydrogen) atoms. The lowest BCUT2D eigenvalue weighted by Crippen LogP contribution is -2.48. The molecule has 190 valence electrons. The molecular weight excluding hydrogens is 480 g/mol. The maximum Gasteiger partial charge on any atom is 0.242 e. The van der Waals surface area contributed by atoms with Crippen LogP contribution in [-0.2, 0) is 29.1 Å². The summed E-state index contributed by atoms with van der Waals surface area (Å²) < 4.78 is 16.0. The summed E-state index contributed by atoms with van der Waals surface area (Å²) in [7, 11) is 4.69. The van der Waals surface area contributed by atoms with Crippen molar-refractivity contribution in [1.82, 2.24) is 10.2 Å². The van der Waals surface area contributed by atoms with Gasteiger partial charge < -0.3 is 24.4 Å². The van der Waals surface area contributed by atoms with Crippen LogP contribution >= 0.6 is 11.6 Å². The highest BCUT2D eigenvalue weighted by Gasteiger charge is 2.26. The van der Waals surface area contributed by atoms with Crippen molar-refractivity contribution in [3.8, 4) is 17.2 Å². The number of amides is 2. The number of hydrogen-bond donors (Lipinski definition) is 1. The van der Waals surface area contributed by atoms with Gasteiger partial charge in [0.15, 0.2) is 11.5 Å². The van der Waals surface area contributed by atoms with Crippen LogP contribution in [0.3, 0.4) is 0 Å². The number of nitrogens with zero attached hydrogens (tertiary/aromatic N) is 1. The number of ether oxygens (including phenoxy) is 3. The van der Waals surface area contributed by atoms with Crippen molar-refractivity contribution in [2.75, 3.05) is 21.3 Å². The Morgan fingerprint density at radius 2 is 1.50 bits per heavy atom. The van der Waals surface area contributed by atoms with Crippen LogP contribution in [0.4, 0.5) is 0 Å². The fourth-order valence-electron chi connectivity index (χ4n) is 3.81. The number of methoxy groups -OCH3 is 3. The topological polar surface area (TPSA) is 77.1 Å². The second-order valence-corrected chi connectivity index (χ2v) is 8.66. The van der Waals surface area contributed by atoms with Crippen LogP contribution in [0.2, 0.25) is 5.02 Å². The van der Waals surface area contributed by atoms with Crippen molar-refractivity contribution >= 4 is 23.4 Å². The Labute approximate surface area is 216 Å². The largest absolute Gasteiger partial charge is 0.496 e. The molecule has 0 bridgehead atoms. The Hall–Kier alpha value is -3.71. The average Bonchev–Trinajstić information content (AvgIpc) is 2.90. The third-order valence-corrected chi connectivity index (χ3v) is 6.13. The molecule has 0 spiro atoms. The minimum absolute atomic E-state index is 0.0953. The van der Waals surface area contributed by atoms with Crippen molar-refractivity contribution in [1.29, 1.82) is 0 Å². The number of carbonyl (C=O) groups is 2. The molecule has 3 aromatic rings. The number of halogens is 1. The van der Waals surface area contributed by atoms with Crippen LogP contribution in [0, 0.1) is 0 Å². The molecule has 0 aliphatic rings. The molecule has 0 unspecified atom stereocenters. The smallest absolute Gasteiger partial charge is 0.242 e. The normalized spacial score (nSPS) is 11.4. The average molecular weight is 511 g/mol. The molecule has 2 amide bonds. The van der Waals surface area contributed by atoms with Gasteiger partial charge in [0.25, 0.3) is 0 Å². The van der Waals surface area contributed by atoms with E-state index in [1.54, 1.807) is 57.4 Å². The number of carbonyl (C=O) groups excluding carboxylic acids is 2. The second kappa shape index (κ2) is 12.8. The molecule has 3 aromatic carbocycles. The molecule has 0 fully saturated rings. The highest BCUT2D eigenvalue weighted by Crippen LogP contribution is 2.28. The fourth-order valence-corrected chi connectivity index (χ4v) is 3.94. The predicted octanol–water partition coefficient (Wildman–Crippen LogP) is 4.64. The van der Waals surface area contributed by atoms with E-state index >= 15 is 0 Å². The zero-order valence-corrected chi connectivity index (χ0v) is 21.7. The molecule has 7 nitrogen and oxygen atoms in total. The van der Waals surface area contributed by atoms with E-state index < -0.39 is 6.04 Å². The molecule has 0 aromatic heterocycles. The van der Waals surface area contributed by atoms with Crippen LogP contribution in [0.15, 0.2) is 66.7 Å². The quantitative estimate of drug-likeness (QED) is 0.406. The summed E-state index contributed by atoms with van der Waals surface area (Å²) in [5.74, 6) is 1.34. The Morgan fingerprint density at radius 1 is 0.861 bits per heavy atom. The lowest BCUT2D eigenvalue weighted by Gasteiger charge is -2.29. The number of para-hydroxylation sites is 1. The molecule has 8 heteroatoms. The van der Waals surface area contributed by atoms with E-state index in [0.717, 1.165) is 16.7 Å². The number of benzene rings is 3. The van der Waals surface area contributed by atoms with E-state index in [2.05, 4.69) is 5.32 Å². The van der Waals surface area contributed by atoms with Crippen molar-refractivity contribution in [3.63, 3.8) is 0 Å². The Balaban J connectivity index is 1.79. The van der Waals surface area contributed by atoms with E-state index in [9.17, 15) is 9.59 Å². The van der Waals surface area contributed by atoms with E-state index in [4.69, 9.17) is 25.8 Å². The van der Waals surface area contributed by atoms with Crippen molar-refractivity contribution in [3.05, 3.63) is 88.4 Å². The molecule has 0 aliphatic heterocycles. The first kappa shape index (κ1) is 26.9. The SMILES string of the molecule is COc1ccccc1CNC(=O)[C@@H](C)N(Cc1ccc(Cl)cc1)C(=O)Cc1ccc(OC)c(OC)c1. The second-order valence-electron chi connectivity index (χ2n) is 8.22. The molecule has 1 N–H and O–H groups in total. The molecule has 1 atom stereocenters. The molecular formula is C28H31ClN2O5. The van der Waals surface area contributed by atoms with Crippen molar-refractivity contribution in [2.24, 2.45) is 0 Å². The molecule has 0 saturated heterocycles. The van der Waals surface area contributed by atoms with Gasteiger partial charge in [0.2, 0.25) is 11.8 Å². The van der Waals surface area contributed by atoms with Gasteiger partial charge in [-0.25, -0.2) is 0 Å². The predicted molar refractivity (Wildman–Crippen MR) is 140 cm³/mol. The molecule has 0 heterocycles. The Bertz CT molecular complexity index is 1180. The summed E-state index contributed by atoms with van der Waals surface area (Å²) in [6, 6.07) is 19.3. The lowest BCUT2D eigenvalue weighted by molar-refractivity contribution is -0.140. The first-order valence-corrected chi connectivity index (χ1v) is 11.9. The monoisotopic (exact) mass is 510 g/mol. The Kier molecular flexibility index (Phi) is 9.59. The highest BCUT2D eigenvalue weighted by atomic mass is 35.5. The summed E-state index contributed by atoms with van der Waals surface area (Å²) in [5, 5.41) is 3.53. The lowest BCUT2D eigenvalue weighted by atomic mass is 10.1. The third kappa shape index (κ3) is 6.92. The van der Waals surface area contributed by atoms with Gasteiger partial charge in [-0.3, -0.25) is 9.59 Å². The Morgan fingerprint density at radius 3 is 2.17 bits per heavy atom. The summed E-state index contributed by atoms with van der Waals surface area (Å²) in [6.45, 7) is 2.26. The summed E-state index contributed by atoms with van der Waals surface area (Å²) in [4.78, 5) is 28.2. The van der Waals surface area contributed by atoms with E-state index in [-0.39, 0.29) is 31.3 Å². The van der Waals surface area contributed by atoms with Crippen LogP contribution in [-0.4, -0.2) is 44.1 Å². The molecule has 3 rings (SSSR count). The third-order valence-electron chi connectivity index (χ3n) is 5.88. The minimum atomic E-state index is -0.719. The van der Waals surface area contributed by atoms with Crippen LogP contribution < -0.4 is 19.5 Å². The van der Waals surface area contributed by atoms with Crippen LogP contribution in [0.5, 0.6) is 17.2 Å². The van der Waals surface area contributed by atoms with Gasteiger partial charge >= 0.3 is 0 Å². The molecule has 0 radical (unpaired) electrons. The van der Waals surface area contributed by atoms with Gasteiger partial charge in [-0.05, 0) is 48.4 Å². The molecule has 0 saturated carbocycles. The highest BCUT2D eigenvalue weighted by molar-refractivity contribution is 6.30. The summed E-state index contributed by atoms with van der Waals surface area (Å²) in [6.07, 6.45) is 0.0953. The summed E-state index contributed by atoms with van der Waals surface area (Å²) in [5.41, 5.74) is 2.46. The van der Waals surface area contributed by atoms with Gasteiger partial charge in [-0.1, -0.05) is 48.0 Å². The zero-order chi connectivity index (χ0) is 26.1. The zero-order valence-electron chi connectivity index (χ0n) is 20.9. The number of rotatable bonds is 11. The van der Waals surface area contributed by atoms with Gasteiger partial charge in [0.05, 0.1) is 27.8 Å². The first-order valence-electron chi connectivity index (χ1n) is 11.5. The van der Waals surface area contributed by atoms with Crippen LogP contribution in [0.25, 0.3) is 0 Å².